The molecule has 2 aromatic rings. The van der Waals surface area contributed by atoms with Gasteiger partial charge in [0.1, 0.15) is 0 Å². The molecule has 0 aromatic carbocycles. The predicted molar refractivity (Wildman–Crippen MR) is 67.4 cm³/mol. The summed E-state index contributed by atoms with van der Waals surface area (Å²) in [4.78, 5) is 8.65. The molecule has 1 fully saturated rings. The summed E-state index contributed by atoms with van der Waals surface area (Å²) in [6.45, 7) is 4.52. The second-order valence-electron chi connectivity index (χ2n) is 4.58. The standard InChI is InChI=1S/C13H17N3O2/c1-2-5-14-10-8-17-7-9(10)13-16-12-11(18-13)4-3-6-15-12/h3-4,6,9-10,14H,2,5,7-8H2,1H3. The number of nitrogens with one attached hydrogen (secondary N) is 1. The van der Waals surface area contributed by atoms with Gasteiger partial charge in [0.2, 0.25) is 5.89 Å². The molecule has 2 atom stereocenters. The predicted octanol–water partition coefficient (Wildman–Crippen LogP) is 1.70. The molecule has 1 N–H and O–H groups in total. The summed E-state index contributed by atoms with van der Waals surface area (Å²) in [6, 6.07) is 4.04. The van der Waals surface area contributed by atoms with Crippen molar-refractivity contribution in [3.63, 3.8) is 0 Å². The molecule has 96 valence electrons. The van der Waals surface area contributed by atoms with Gasteiger partial charge in [-0.25, -0.2) is 4.98 Å². The van der Waals surface area contributed by atoms with Crippen LogP contribution < -0.4 is 5.32 Å². The summed E-state index contributed by atoms with van der Waals surface area (Å²) in [5, 5.41) is 3.48. The molecule has 0 aliphatic carbocycles. The number of aromatic nitrogens is 2. The Morgan fingerprint density at radius 1 is 1.44 bits per heavy atom. The number of hydrogen-bond acceptors (Lipinski definition) is 5. The zero-order valence-electron chi connectivity index (χ0n) is 10.4. The van der Waals surface area contributed by atoms with E-state index in [1.165, 1.54) is 0 Å². The molecule has 1 aliphatic rings. The monoisotopic (exact) mass is 247 g/mol. The molecule has 3 rings (SSSR count). The number of hydrogen-bond donors (Lipinski definition) is 1. The minimum atomic E-state index is 0.186. The third-order valence-corrected chi connectivity index (χ3v) is 3.24. The van der Waals surface area contributed by atoms with Crippen LogP contribution in [0.3, 0.4) is 0 Å². The normalized spacial score (nSPS) is 23.8. The number of rotatable bonds is 4. The summed E-state index contributed by atoms with van der Waals surface area (Å²) < 4.78 is 11.3. The largest absolute Gasteiger partial charge is 0.438 e. The fraction of sp³-hybridized carbons (Fsp3) is 0.538. The van der Waals surface area contributed by atoms with E-state index in [4.69, 9.17) is 9.15 Å². The summed E-state index contributed by atoms with van der Waals surface area (Å²) in [6.07, 6.45) is 2.84. The van der Waals surface area contributed by atoms with E-state index in [9.17, 15) is 0 Å². The van der Waals surface area contributed by atoms with Crippen molar-refractivity contribution in [1.82, 2.24) is 15.3 Å². The SMILES string of the molecule is CCCNC1COCC1c1nc2ncccc2o1. The lowest BCUT2D eigenvalue weighted by Crippen LogP contribution is -2.34. The van der Waals surface area contributed by atoms with Gasteiger partial charge in [-0.05, 0) is 25.1 Å². The zero-order chi connectivity index (χ0) is 12.4. The first kappa shape index (κ1) is 11.6. The number of pyridine rings is 1. The highest BCUT2D eigenvalue weighted by Crippen LogP contribution is 2.27. The molecule has 0 spiro atoms. The van der Waals surface area contributed by atoms with Crippen molar-refractivity contribution >= 4 is 11.2 Å². The highest BCUT2D eigenvalue weighted by molar-refractivity contribution is 5.67. The molecule has 18 heavy (non-hydrogen) atoms. The van der Waals surface area contributed by atoms with Crippen molar-refractivity contribution in [3.8, 4) is 0 Å². The molecule has 1 saturated heterocycles. The molecule has 0 radical (unpaired) electrons. The average Bonchev–Trinajstić information content (AvgIpc) is 3.01. The smallest absolute Gasteiger partial charge is 0.204 e. The summed E-state index contributed by atoms with van der Waals surface area (Å²) in [5.74, 6) is 0.917. The van der Waals surface area contributed by atoms with Crippen LogP contribution in [0.15, 0.2) is 22.7 Å². The fourth-order valence-electron chi connectivity index (χ4n) is 2.27. The van der Waals surface area contributed by atoms with Crippen LogP contribution in [0.4, 0.5) is 0 Å². The van der Waals surface area contributed by atoms with Crippen LogP contribution in [0.5, 0.6) is 0 Å². The second kappa shape index (κ2) is 5.04. The molecular weight excluding hydrogens is 230 g/mol. The maximum atomic E-state index is 5.77. The molecule has 0 saturated carbocycles. The highest BCUT2D eigenvalue weighted by Gasteiger charge is 2.33. The van der Waals surface area contributed by atoms with Crippen LogP contribution >= 0.6 is 0 Å². The van der Waals surface area contributed by atoms with Gasteiger partial charge in [0, 0.05) is 12.2 Å². The zero-order valence-corrected chi connectivity index (χ0v) is 10.4. The minimum Gasteiger partial charge on any atom is -0.438 e. The number of oxazole rings is 1. The highest BCUT2D eigenvalue weighted by atomic mass is 16.5. The lowest BCUT2D eigenvalue weighted by molar-refractivity contribution is 0.186. The molecule has 2 unspecified atom stereocenters. The van der Waals surface area contributed by atoms with Gasteiger partial charge in [0.05, 0.1) is 19.1 Å². The van der Waals surface area contributed by atoms with Gasteiger partial charge in [0.25, 0.3) is 0 Å². The Hall–Kier alpha value is -1.46. The molecule has 2 aromatic heterocycles. The Bertz CT molecular complexity index is 493. The first-order valence-electron chi connectivity index (χ1n) is 6.41. The topological polar surface area (TPSA) is 60.2 Å². The van der Waals surface area contributed by atoms with Gasteiger partial charge in [-0.3, -0.25) is 0 Å². The molecule has 0 bridgehead atoms. The van der Waals surface area contributed by atoms with Crippen molar-refractivity contribution in [2.24, 2.45) is 0 Å². The van der Waals surface area contributed by atoms with E-state index in [-0.39, 0.29) is 12.0 Å². The van der Waals surface area contributed by atoms with E-state index < -0.39 is 0 Å². The van der Waals surface area contributed by atoms with Crippen LogP contribution in [0.1, 0.15) is 25.2 Å². The van der Waals surface area contributed by atoms with Gasteiger partial charge >= 0.3 is 0 Å². The van der Waals surface area contributed by atoms with Gasteiger partial charge in [-0.15, -0.1) is 0 Å². The molecule has 5 heteroatoms. The average molecular weight is 247 g/mol. The maximum Gasteiger partial charge on any atom is 0.204 e. The quantitative estimate of drug-likeness (QED) is 0.891. The number of ether oxygens (including phenoxy) is 1. The van der Waals surface area contributed by atoms with Crippen LogP contribution in [-0.2, 0) is 4.74 Å². The Balaban J connectivity index is 1.84. The molecular formula is C13H17N3O2. The number of fused-ring (bicyclic) bond motifs is 1. The van der Waals surface area contributed by atoms with Gasteiger partial charge in [-0.2, -0.15) is 4.98 Å². The summed E-state index contributed by atoms with van der Waals surface area (Å²) in [7, 11) is 0. The first-order valence-corrected chi connectivity index (χ1v) is 6.41. The van der Waals surface area contributed by atoms with Crippen LogP contribution in [0.2, 0.25) is 0 Å². The van der Waals surface area contributed by atoms with Gasteiger partial charge in [-0.1, -0.05) is 6.92 Å². The van der Waals surface area contributed by atoms with E-state index in [0.29, 0.717) is 12.3 Å². The lowest BCUT2D eigenvalue weighted by atomic mass is 10.0. The van der Waals surface area contributed by atoms with Crippen molar-refractivity contribution in [1.29, 1.82) is 0 Å². The Labute approximate surface area is 106 Å². The molecule has 0 amide bonds. The third kappa shape index (κ3) is 2.11. The van der Waals surface area contributed by atoms with Crippen molar-refractivity contribution < 1.29 is 9.15 Å². The van der Waals surface area contributed by atoms with E-state index in [1.807, 2.05) is 12.1 Å². The second-order valence-corrected chi connectivity index (χ2v) is 4.58. The van der Waals surface area contributed by atoms with Gasteiger partial charge < -0.3 is 14.5 Å². The summed E-state index contributed by atoms with van der Waals surface area (Å²) in [5.41, 5.74) is 1.42. The Morgan fingerprint density at radius 2 is 2.39 bits per heavy atom. The molecule has 5 nitrogen and oxygen atoms in total. The minimum absolute atomic E-state index is 0.186. The van der Waals surface area contributed by atoms with E-state index >= 15 is 0 Å². The van der Waals surface area contributed by atoms with E-state index in [0.717, 1.165) is 31.0 Å². The first-order chi connectivity index (χ1) is 8.88. The van der Waals surface area contributed by atoms with Crippen LogP contribution in [0.25, 0.3) is 11.2 Å². The van der Waals surface area contributed by atoms with Crippen LogP contribution in [0, 0.1) is 0 Å². The third-order valence-electron chi connectivity index (χ3n) is 3.24. The number of nitrogens with zero attached hydrogens (tertiary/aromatic N) is 2. The Morgan fingerprint density at radius 3 is 3.22 bits per heavy atom. The fourth-order valence-corrected chi connectivity index (χ4v) is 2.27. The molecule has 3 heterocycles. The van der Waals surface area contributed by atoms with Crippen molar-refractivity contribution in [3.05, 3.63) is 24.2 Å². The van der Waals surface area contributed by atoms with E-state index in [2.05, 4.69) is 22.2 Å². The van der Waals surface area contributed by atoms with Crippen molar-refractivity contribution in [2.75, 3.05) is 19.8 Å². The van der Waals surface area contributed by atoms with Gasteiger partial charge in [0.15, 0.2) is 11.2 Å². The summed E-state index contributed by atoms with van der Waals surface area (Å²) >= 11 is 0. The van der Waals surface area contributed by atoms with Crippen LogP contribution in [-0.4, -0.2) is 35.8 Å². The molecule has 1 aliphatic heterocycles. The Kier molecular flexibility index (Phi) is 3.25. The van der Waals surface area contributed by atoms with E-state index in [1.54, 1.807) is 6.20 Å². The lowest BCUT2D eigenvalue weighted by Gasteiger charge is -2.15. The maximum absolute atomic E-state index is 5.77. The van der Waals surface area contributed by atoms with Crippen molar-refractivity contribution in [2.45, 2.75) is 25.3 Å².